The van der Waals surface area contributed by atoms with Crippen molar-refractivity contribution in [2.75, 3.05) is 0 Å². The summed E-state index contributed by atoms with van der Waals surface area (Å²) < 4.78 is 20.0. The minimum atomic E-state index is -2.15. The summed E-state index contributed by atoms with van der Waals surface area (Å²) >= 11 is 0. The number of unbranched alkanes of at least 4 members (excludes halogenated alkanes) is 3. The topological polar surface area (TPSA) is 63.6 Å². The van der Waals surface area contributed by atoms with Gasteiger partial charge in [0.1, 0.15) is 0 Å². The quantitative estimate of drug-likeness (QED) is 0.261. The van der Waals surface area contributed by atoms with Crippen LogP contribution in [0.4, 0.5) is 4.39 Å². The number of carbonyl (C=O) groups excluding carboxylic acids is 1. The predicted octanol–water partition coefficient (Wildman–Crippen LogP) is 7.96. The van der Waals surface area contributed by atoms with Crippen molar-refractivity contribution in [3.05, 3.63) is 59.7 Å². The molecular formula is C30H39FO4. The maximum absolute atomic E-state index is 14.5. The number of alkyl halides is 1. The fraction of sp³-hybridized carbons (Fsp3) is 0.533. The van der Waals surface area contributed by atoms with E-state index in [0.717, 1.165) is 36.8 Å². The summed E-state index contributed by atoms with van der Waals surface area (Å²) in [7, 11) is 0. The smallest absolute Gasteiger partial charge is 0.341 e. The molecule has 0 aromatic heterocycles. The van der Waals surface area contributed by atoms with Gasteiger partial charge in [0, 0.05) is 5.92 Å². The fourth-order valence-electron chi connectivity index (χ4n) is 5.06. The maximum Gasteiger partial charge on any atom is 0.341 e. The largest absolute Gasteiger partial charge is 0.479 e. The first-order chi connectivity index (χ1) is 16.7. The molecule has 1 N–H and O–H groups in total. The van der Waals surface area contributed by atoms with Gasteiger partial charge in [-0.15, -0.1) is 0 Å². The molecule has 1 aliphatic carbocycles. The van der Waals surface area contributed by atoms with Crippen molar-refractivity contribution in [2.24, 2.45) is 5.92 Å². The molecule has 2 atom stereocenters. The molecule has 5 heteroatoms. The van der Waals surface area contributed by atoms with Crippen LogP contribution in [-0.4, -0.2) is 28.8 Å². The highest BCUT2D eigenvalue weighted by molar-refractivity contribution is 5.90. The van der Waals surface area contributed by atoms with Crippen molar-refractivity contribution >= 4 is 11.9 Å². The molecule has 1 saturated carbocycles. The Balaban J connectivity index is 1.53. The second-order valence-corrected chi connectivity index (χ2v) is 10.2. The highest BCUT2D eigenvalue weighted by atomic mass is 19.1. The molecule has 0 saturated heterocycles. The van der Waals surface area contributed by atoms with Gasteiger partial charge < -0.3 is 9.84 Å². The lowest BCUT2D eigenvalue weighted by molar-refractivity contribution is -0.154. The van der Waals surface area contributed by atoms with Crippen LogP contribution in [-0.2, 0) is 9.53 Å². The number of carbonyl (C=O) groups is 2. The van der Waals surface area contributed by atoms with Crippen LogP contribution in [0.1, 0.15) is 100 Å². The molecule has 0 amide bonds. The molecule has 0 aliphatic heterocycles. The lowest BCUT2D eigenvalue weighted by Gasteiger charge is -2.34. The summed E-state index contributed by atoms with van der Waals surface area (Å²) in [6, 6.07) is 15.9. The molecule has 4 nitrogen and oxygen atoms in total. The first-order valence-corrected chi connectivity index (χ1v) is 13.1. The predicted molar refractivity (Wildman–Crippen MR) is 137 cm³/mol. The summed E-state index contributed by atoms with van der Waals surface area (Å²) in [5.74, 6) is -1.74. The van der Waals surface area contributed by atoms with Gasteiger partial charge in [-0.3, -0.25) is 0 Å². The number of aliphatic carboxylic acids is 1. The first kappa shape index (κ1) is 26.9. The first-order valence-electron chi connectivity index (χ1n) is 13.1. The van der Waals surface area contributed by atoms with E-state index in [-0.39, 0.29) is 12.1 Å². The highest BCUT2D eigenvalue weighted by Crippen LogP contribution is 2.42. The van der Waals surface area contributed by atoms with E-state index in [1.54, 1.807) is 0 Å². The number of ether oxygens (including phenoxy) is 1. The van der Waals surface area contributed by atoms with Gasteiger partial charge in [0.15, 0.2) is 0 Å². The van der Waals surface area contributed by atoms with E-state index in [9.17, 15) is 14.0 Å². The Labute approximate surface area is 208 Å². The summed E-state index contributed by atoms with van der Waals surface area (Å²) in [4.78, 5) is 23.7. The molecule has 2 aromatic rings. The van der Waals surface area contributed by atoms with E-state index >= 15 is 0 Å². The monoisotopic (exact) mass is 482 g/mol. The second-order valence-electron chi connectivity index (χ2n) is 10.2. The summed E-state index contributed by atoms with van der Waals surface area (Å²) in [6.45, 7) is 5.32. The molecule has 1 aliphatic rings. The van der Waals surface area contributed by atoms with Gasteiger partial charge in [-0.2, -0.15) is 0 Å². The zero-order valence-electron chi connectivity index (χ0n) is 21.3. The Morgan fingerprint density at radius 2 is 1.54 bits per heavy atom. The van der Waals surface area contributed by atoms with Gasteiger partial charge in [0.05, 0.1) is 11.7 Å². The zero-order valence-corrected chi connectivity index (χ0v) is 21.3. The van der Waals surface area contributed by atoms with Gasteiger partial charge >= 0.3 is 11.9 Å². The lowest BCUT2D eigenvalue weighted by Crippen LogP contribution is -2.40. The van der Waals surface area contributed by atoms with Crippen LogP contribution in [0, 0.1) is 5.92 Å². The molecule has 0 bridgehead atoms. The maximum atomic E-state index is 14.5. The van der Waals surface area contributed by atoms with E-state index in [4.69, 9.17) is 9.84 Å². The molecule has 3 rings (SSSR count). The van der Waals surface area contributed by atoms with Gasteiger partial charge in [-0.1, -0.05) is 62.6 Å². The summed E-state index contributed by atoms with van der Waals surface area (Å²) in [5.41, 5.74) is 1.70. The third-order valence-electron chi connectivity index (χ3n) is 7.52. The highest BCUT2D eigenvalue weighted by Gasteiger charge is 2.43. The van der Waals surface area contributed by atoms with Crippen molar-refractivity contribution in [1.82, 2.24) is 0 Å². The number of hydrogen-bond acceptors (Lipinski definition) is 3. The zero-order chi connectivity index (χ0) is 25.4. The standard InChI is InChI=1S/C30H39FO4/c1-4-5-6-7-8-21(2)35-28(32)26-15-13-24(14-16-26)22-9-11-23(12-10-22)25-17-19-27(20-18-25)30(3,31)29(33)34/h9-16,21,25,27H,4-8,17-20H2,1-3H3,(H,33,34)/t21-,25-,27-,30+/m1/s1. The van der Waals surface area contributed by atoms with Crippen molar-refractivity contribution in [1.29, 1.82) is 0 Å². The van der Waals surface area contributed by atoms with Crippen molar-refractivity contribution in [3.63, 3.8) is 0 Å². The Kier molecular flexibility index (Phi) is 9.47. The van der Waals surface area contributed by atoms with E-state index in [0.29, 0.717) is 24.3 Å². The number of halogens is 1. The molecule has 1 fully saturated rings. The minimum Gasteiger partial charge on any atom is -0.479 e. The summed E-state index contributed by atoms with van der Waals surface area (Å²) in [6.07, 6.45) is 8.24. The number of esters is 1. The van der Waals surface area contributed by atoms with E-state index in [1.165, 1.54) is 31.7 Å². The van der Waals surface area contributed by atoms with Crippen LogP contribution >= 0.6 is 0 Å². The number of carboxylic acid groups (broad SMARTS) is 1. The van der Waals surface area contributed by atoms with Crippen molar-refractivity contribution in [2.45, 2.75) is 96.2 Å². The fourth-order valence-corrected chi connectivity index (χ4v) is 5.06. The van der Waals surface area contributed by atoms with E-state index < -0.39 is 17.6 Å². The normalized spacial score (nSPS) is 20.6. The minimum absolute atomic E-state index is 0.0792. The molecule has 0 spiro atoms. The number of benzene rings is 2. The number of hydrogen-bond donors (Lipinski definition) is 1. The number of carboxylic acids is 1. The molecule has 35 heavy (non-hydrogen) atoms. The third kappa shape index (κ3) is 7.16. The molecule has 0 radical (unpaired) electrons. The Morgan fingerprint density at radius 1 is 0.971 bits per heavy atom. The van der Waals surface area contributed by atoms with E-state index in [1.807, 2.05) is 31.2 Å². The molecule has 0 heterocycles. The molecular weight excluding hydrogens is 443 g/mol. The van der Waals surface area contributed by atoms with Gasteiger partial charge in [0.2, 0.25) is 5.67 Å². The van der Waals surface area contributed by atoms with Crippen LogP contribution in [0.3, 0.4) is 0 Å². The van der Waals surface area contributed by atoms with Crippen LogP contribution < -0.4 is 0 Å². The van der Waals surface area contributed by atoms with Crippen LogP contribution in [0.5, 0.6) is 0 Å². The van der Waals surface area contributed by atoms with Gasteiger partial charge in [0.25, 0.3) is 0 Å². The van der Waals surface area contributed by atoms with Crippen molar-refractivity contribution < 1.29 is 23.8 Å². The van der Waals surface area contributed by atoms with Crippen LogP contribution in [0.2, 0.25) is 0 Å². The Hall–Kier alpha value is -2.69. The van der Waals surface area contributed by atoms with E-state index in [2.05, 4.69) is 31.2 Å². The lowest BCUT2D eigenvalue weighted by atomic mass is 9.73. The Bertz CT molecular complexity index is 957. The third-order valence-corrected chi connectivity index (χ3v) is 7.52. The molecule has 2 aromatic carbocycles. The molecule has 0 unspecified atom stereocenters. The SMILES string of the molecule is CCCCCC[C@@H](C)OC(=O)c1ccc(-c2ccc([C@H]3CC[C@H]([C@](C)(F)C(=O)O)CC3)cc2)cc1. The average molecular weight is 483 g/mol. The van der Waals surface area contributed by atoms with Crippen LogP contribution in [0.15, 0.2) is 48.5 Å². The molecule has 190 valence electrons. The van der Waals surface area contributed by atoms with Gasteiger partial charge in [-0.05, 0) is 87.1 Å². The summed E-state index contributed by atoms with van der Waals surface area (Å²) in [5, 5.41) is 9.15. The van der Waals surface area contributed by atoms with Crippen LogP contribution in [0.25, 0.3) is 11.1 Å². The Morgan fingerprint density at radius 3 is 2.09 bits per heavy atom. The second kappa shape index (κ2) is 12.3. The van der Waals surface area contributed by atoms with Gasteiger partial charge in [-0.25, -0.2) is 14.0 Å². The number of rotatable bonds is 11. The van der Waals surface area contributed by atoms with Crippen molar-refractivity contribution in [3.8, 4) is 11.1 Å². The average Bonchev–Trinajstić information content (AvgIpc) is 2.87.